The van der Waals surface area contributed by atoms with E-state index in [0.717, 1.165) is 12.0 Å². The predicted octanol–water partition coefficient (Wildman–Crippen LogP) is 3.85. The van der Waals surface area contributed by atoms with E-state index >= 15 is 0 Å². The van der Waals surface area contributed by atoms with Crippen molar-refractivity contribution in [2.75, 3.05) is 13.9 Å². The molecule has 0 fully saturated rings. The first kappa shape index (κ1) is 15.2. The summed E-state index contributed by atoms with van der Waals surface area (Å²) in [7, 11) is 1.46. The Hall–Kier alpha value is -2.20. The first-order valence-electron chi connectivity index (χ1n) is 6.70. The van der Waals surface area contributed by atoms with E-state index in [1.807, 2.05) is 24.3 Å². The number of halogens is 1. The Morgan fingerprint density at radius 3 is 2.43 bits per heavy atom. The molecule has 0 unspecified atom stereocenters. The van der Waals surface area contributed by atoms with Crippen LogP contribution < -0.4 is 4.74 Å². The number of carbonyl (C=O) groups excluding carboxylic acids is 1. The number of aldehydes is 1. The van der Waals surface area contributed by atoms with Crippen LogP contribution in [0.15, 0.2) is 36.4 Å². The van der Waals surface area contributed by atoms with E-state index in [-0.39, 0.29) is 18.1 Å². The van der Waals surface area contributed by atoms with Gasteiger partial charge in [0.1, 0.15) is 11.6 Å². The summed E-state index contributed by atoms with van der Waals surface area (Å²) in [6.45, 7) is 2.02. The summed E-state index contributed by atoms with van der Waals surface area (Å²) >= 11 is 0. The summed E-state index contributed by atoms with van der Waals surface area (Å²) in [6.07, 6.45) is 1.39. The Morgan fingerprint density at radius 1 is 1.14 bits per heavy atom. The zero-order chi connectivity index (χ0) is 15.2. The Labute approximate surface area is 123 Å². The van der Waals surface area contributed by atoms with E-state index in [9.17, 15) is 9.18 Å². The van der Waals surface area contributed by atoms with Crippen LogP contribution in [0.5, 0.6) is 5.75 Å². The largest absolute Gasteiger partial charge is 0.467 e. The molecule has 0 radical (unpaired) electrons. The minimum atomic E-state index is -0.581. The van der Waals surface area contributed by atoms with Crippen LogP contribution >= 0.6 is 0 Å². The fourth-order valence-electron chi connectivity index (χ4n) is 2.08. The van der Waals surface area contributed by atoms with Gasteiger partial charge in [-0.05, 0) is 29.7 Å². The number of aryl methyl sites for hydroxylation is 1. The Bertz CT molecular complexity index is 621. The number of carbonyl (C=O) groups is 1. The van der Waals surface area contributed by atoms with Crippen LogP contribution in [-0.4, -0.2) is 20.2 Å². The maximum atomic E-state index is 14.5. The standard InChI is InChI=1S/C17H17FO3/c1-3-12-4-6-13(7-5-12)14-8-9-16(21-11-20-2)15(10-19)17(14)18/h4-10H,3,11H2,1-2H3. The molecular weight excluding hydrogens is 271 g/mol. The molecule has 21 heavy (non-hydrogen) atoms. The highest BCUT2D eigenvalue weighted by Gasteiger charge is 2.15. The first-order valence-corrected chi connectivity index (χ1v) is 6.70. The molecule has 0 N–H and O–H groups in total. The monoisotopic (exact) mass is 288 g/mol. The number of methoxy groups -OCH3 is 1. The molecule has 0 amide bonds. The Balaban J connectivity index is 2.42. The van der Waals surface area contributed by atoms with Gasteiger partial charge in [0.15, 0.2) is 13.1 Å². The molecule has 0 atom stereocenters. The third-order valence-electron chi connectivity index (χ3n) is 3.26. The van der Waals surface area contributed by atoms with Gasteiger partial charge >= 0.3 is 0 Å². The van der Waals surface area contributed by atoms with Crippen LogP contribution in [0.25, 0.3) is 11.1 Å². The number of benzene rings is 2. The summed E-state index contributed by atoms with van der Waals surface area (Å²) in [4.78, 5) is 11.1. The fourth-order valence-corrected chi connectivity index (χ4v) is 2.08. The van der Waals surface area contributed by atoms with E-state index < -0.39 is 5.82 Å². The quantitative estimate of drug-likeness (QED) is 0.598. The molecule has 2 aromatic rings. The summed E-state index contributed by atoms with van der Waals surface area (Å²) in [6, 6.07) is 10.8. The number of hydrogen-bond acceptors (Lipinski definition) is 3. The van der Waals surface area contributed by atoms with E-state index in [1.54, 1.807) is 12.1 Å². The zero-order valence-electron chi connectivity index (χ0n) is 12.1. The third-order valence-corrected chi connectivity index (χ3v) is 3.26. The van der Waals surface area contributed by atoms with Crippen molar-refractivity contribution in [1.82, 2.24) is 0 Å². The highest BCUT2D eigenvalue weighted by molar-refractivity contribution is 5.83. The average Bonchev–Trinajstić information content (AvgIpc) is 2.53. The number of hydrogen-bond donors (Lipinski definition) is 0. The molecule has 0 saturated carbocycles. The van der Waals surface area contributed by atoms with E-state index in [2.05, 4.69) is 6.92 Å². The summed E-state index contributed by atoms with van der Waals surface area (Å²) in [5, 5.41) is 0. The van der Waals surface area contributed by atoms with Crippen molar-refractivity contribution in [3.63, 3.8) is 0 Å². The minimum absolute atomic E-state index is 0.0369. The lowest BCUT2D eigenvalue weighted by Crippen LogP contribution is -2.03. The lowest BCUT2D eigenvalue weighted by Gasteiger charge is -2.11. The van der Waals surface area contributed by atoms with Crippen molar-refractivity contribution in [3.8, 4) is 16.9 Å². The highest BCUT2D eigenvalue weighted by Crippen LogP contribution is 2.30. The molecule has 110 valence electrons. The van der Waals surface area contributed by atoms with Gasteiger partial charge in [-0.3, -0.25) is 4.79 Å². The van der Waals surface area contributed by atoms with Crippen molar-refractivity contribution in [1.29, 1.82) is 0 Å². The van der Waals surface area contributed by atoms with Gasteiger partial charge in [0.25, 0.3) is 0 Å². The van der Waals surface area contributed by atoms with Crippen molar-refractivity contribution in [2.45, 2.75) is 13.3 Å². The van der Waals surface area contributed by atoms with Gasteiger partial charge in [-0.1, -0.05) is 31.2 Å². The molecule has 0 spiro atoms. The van der Waals surface area contributed by atoms with Gasteiger partial charge in [-0.2, -0.15) is 0 Å². The van der Waals surface area contributed by atoms with Gasteiger partial charge < -0.3 is 9.47 Å². The second kappa shape index (κ2) is 6.99. The molecule has 0 aromatic heterocycles. The Morgan fingerprint density at radius 2 is 1.86 bits per heavy atom. The summed E-state index contributed by atoms with van der Waals surface area (Å²) < 4.78 is 24.4. The van der Waals surface area contributed by atoms with Crippen LogP contribution in [0.1, 0.15) is 22.8 Å². The maximum absolute atomic E-state index is 14.5. The van der Waals surface area contributed by atoms with Crippen molar-refractivity contribution in [3.05, 3.63) is 53.3 Å². The van der Waals surface area contributed by atoms with Crippen LogP contribution in [0.4, 0.5) is 4.39 Å². The molecule has 2 rings (SSSR count). The van der Waals surface area contributed by atoms with Crippen LogP contribution in [-0.2, 0) is 11.2 Å². The molecule has 0 bridgehead atoms. The number of ether oxygens (including phenoxy) is 2. The van der Waals surface area contributed by atoms with E-state index in [1.165, 1.54) is 12.7 Å². The van der Waals surface area contributed by atoms with Gasteiger partial charge in [0, 0.05) is 12.7 Å². The summed E-state index contributed by atoms with van der Waals surface area (Å²) in [5.41, 5.74) is 2.19. The summed E-state index contributed by atoms with van der Waals surface area (Å²) in [5.74, 6) is -0.402. The normalized spacial score (nSPS) is 10.4. The molecule has 2 aromatic carbocycles. The zero-order valence-corrected chi connectivity index (χ0v) is 12.1. The van der Waals surface area contributed by atoms with Gasteiger partial charge in [-0.25, -0.2) is 4.39 Å². The highest BCUT2D eigenvalue weighted by atomic mass is 19.1. The van der Waals surface area contributed by atoms with E-state index in [0.29, 0.717) is 11.8 Å². The second-order valence-electron chi connectivity index (χ2n) is 4.56. The third kappa shape index (κ3) is 3.28. The van der Waals surface area contributed by atoms with Gasteiger partial charge in [0.05, 0.1) is 5.56 Å². The van der Waals surface area contributed by atoms with Crippen LogP contribution in [0, 0.1) is 5.82 Å². The molecule has 4 heteroatoms. The van der Waals surface area contributed by atoms with Crippen molar-refractivity contribution >= 4 is 6.29 Å². The lowest BCUT2D eigenvalue weighted by atomic mass is 10.00. The topological polar surface area (TPSA) is 35.5 Å². The molecule has 3 nitrogen and oxygen atoms in total. The molecular formula is C17H17FO3. The average molecular weight is 288 g/mol. The SMILES string of the molecule is CCc1ccc(-c2ccc(OCOC)c(C=O)c2F)cc1. The smallest absolute Gasteiger partial charge is 0.188 e. The second-order valence-corrected chi connectivity index (χ2v) is 4.56. The fraction of sp³-hybridized carbons (Fsp3) is 0.235. The van der Waals surface area contributed by atoms with E-state index in [4.69, 9.17) is 9.47 Å². The first-order chi connectivity index (χ1) is 10.2. The van der Waals surface area contributed by atoms with Crippen LogP contribution in [0.2, 0.25) is 0 Å². The minimum Gasteiger partial charge on any atom is -0.467 e. The maximum Gasteiger partial charge on any atom is 0.188 e. The van der Waals surface area contributed by atoms with Crippen molar-refractivity contribution < 1.29 is 18.7 Å². The molecule has 0 heterocycles. The van der Waals surface area contributed by atoms with Crippen LogP contribution in [0.3, 0.4) is 0 Å². The molecule has 0 aliphatic rings. The predicted molar refractivity (Wildman–Crippen MR) is 79.1 cm³/mol. The van der Waals surface area contributed by atoms with Gasteiger partial charge in [0.2, 0.25) is 0 Å². The van der Waals surface area contributed by atoms with Crippen molar-refractivity contribution in [2.24, 2.45) is 0 Å². The Kier molecular flexibility index (Phi) is 5.06. The number of rotatable bonds is 6. The van der Waals surface area contributed by atoms with Gasteiger partial charge in [-0.15, -0.1) is 0 Å². The molecule has 0 aliphatic carbocycles. The molecule has 0 saturated heterocycles. The molecule has 0 aliphatic heterocycles. The lowest BCUT2D eigenvalue weighted by molar-refractivity contribution is 0.0503.